The summed E-state index contributed by atoms with van der Waals surface area (Å²) in [5.74, 6) is -0.214. The van der Waals surface area contributed by atoms with Crippen molar-refractivity contribution in [1.82, 2.24) is 14.8 Å². The molecule has 0 saturated carbocycles. The average molecular weight is 350 g/mol. The van der Waals surface area contributed by atoms with E-state index < -0.39 is 18.6 Å². The Morgan fingerprint density at radius 3 is 2.88 bits per heavy atom. The van der Waals surface area contributed by atoms with Crippen molar-refractivity contribution in [1.29, 1.82) is 0 Å². The molecule has 1 unspecified atom stereocenters. The lowest BCUT2D eigenvalue weighted by atomic mass is 9.95. The van der Waals surface area contributed by atoms with Crippen molar-refractivity contribution in [2.45, 2.75) is 26.5 Å². The van der Waals surface area contributed by atoms with Crippen LogP contribution in [0.2, 0.25) is 0 Å². The summed E-state index contributed by atoms with van der Waals surface area (Å²) in [6.45, 7) is 0.568. The van der Waals surface area contributed by atoms with Crippen molar-refractivity contribution in [3.63, 3.8) is 0 Å². The Morgan fingerprint density at radius 2 is 2.16 bits per heavy atom. The molecule has 1 aliphatic heterocycles. The summed E-state index contributed by atoms with van der Waals surface area (Å²) < 4.78 is 36.8. The van der Waals surface area contributed by atoms with E-state index in [0.717, 1.165) is 0 Å². The second-order valence-electron chi connectivity index (χ2n) is 5.23. The normalized spacial score (nSPS) is 16.4. The highest BCUT2D eigenvalue weighted by Crippen LogP contribution is 2.39. The average Bonchev–Trinajstić information content (AvgIpc) is 3.01. The van der Waals surface area contributed by atoms with Gasteiger partial charge < -0.3 is 14.8 Å². The van der Waals surface area contributed by atoms with E-state index in [4.69, 9.17) is 4.74 Å². The molecule has 0 spiro atoms. The van der Waals surface area contributed by atoms with Crippen LogP contribution in [0.1, 0.15) is 25.5 Å². The molecule has 1 aromatic carbocycles. The molecule has 132 valence electrons. The van der Waals surface area contributed by atoms with Crippen molar-refractivity contribution in [2.24, 2.45) is 0 Å². The Hall–Kier alpha value is -2.97. The SMILES string of the molecule is CCOC(=O)C1=C(C)Nc2ncnn2C1c1ccccc1OC(F)F. The van der Waals surface area contributed by atoms with Gasteiger partial charge in [-0.1, -0.05) is 18.2 Å². The standard InChI is InChI=1S/C16H16F2N4O3/c1-3-24-14(23)12-9(2)21-16-19-8-20-22(16)13(12)10-6-4-5-7-11(10)25-15(17)18/h4-8,13,15H,3H2,1-2H3,(H,19,20,21). The smallest absolute Gasteiger partial charge is 0.387 e. The number of para-hydroxylation sites is 1. The number of alkyl halides is 2. The number of hydrogen-bond donors (Lipinski definition) is 1. The number of carbonyl (C=O) groups is 1. The highest BCUT2D eigenvalue weighted by atomic mass is 19.3. The van der Waals surface area contributed by atoms with Gasteiger partial charge in [-0.05, 0) is 19.9 Å². The van der Waals surface area contributed by atoms with Crippen LogP contribution in [-0.2, 0) is 9.53 Å². The zero-order chi connectivity index (χ0) is 18.0. The third-order valence-electron chi connectivity index (χ3n) is 3.72. The Labute approximate surface area is 142 Å². The van der Waals surface area contributed by atoms with Gasteiger partial charge in [0.05, 0.1) is 12.2 Å². The van der Waals surface area contributed by atoms with E-state index in [1.54, 1.807) is 32.0 Å². The molecule has 3 rings (SSSR count). The van der Waals surface area contributed by atoms with Crippen LogP contribution in [0.3, 0.4) is 0 Å². The molecule has 1 aliphatic rings. The van der Waals surface area contributed by atoms with E-state index in [1.807, 2.05) is 0 Å². The fraction of sp³-hybridized carbons (Fsp3) is 0.312. The van der Waals surface area contributed by atoms with Gasteiger partial charge in [0.1, 0.15) is 18.1 Å². The van der Waals surface area contributed by atoms with Crippen molar-refractivity contribution >= 4 is 11.9 Å². The first kappa shape index (κ1) is 16.9. The first-order valence-electron chi connectivity index (χ1n) is 7.61. The van der Waals surface area contributed by atoms with Crippen LogP contribution in [-0.4, -0.2) is 34.0 Å². The predicted molar refractivity (Wildman–Crippen MR) is 84.2 cm³/mol. The van der Waals surface area contributed by atoms with Crippen LogP contribution < -0.4 is 10.1 Å². The molecule has 1 aromatic heterocycles. The van der Waals surface area contributed by atoms with Gasteiger partial charge >= 0.3 is 12.6 Å². The summed E-state index contributed by atoms with van der Waals surface area (Å²) in [5.41, 5.74) is 1.12. The summed E-state index contributed by atoms with van der Waals surface area (Å²) >= 11 is 0. The van der Waals surface area contributed by atoms with E-state index >= 15 is 0 Å². The topological polar surface area (TPSA) is 78.3 Å². The molecule has 0 amide bonds. The first-order valence-corrected chi connectivity index (χ1v) is 7.61. The fourth-order valence-corrected chi connectivity index (χ4v) is 2.76. The number of aromatic nitrogens is 3. The second-order valence-corrected chi connectivity index (χ2v) is 5.23. The minimum atomic E-state index is -2.99. The molecule has 1 atom stereocenters. The number of hydrogen-bond acceptors (Lipinski definition) is 6. The number of allylic oxidation sites excluding steroid dienone is 1. The van der Waals surface area contributed by atoms with E-state index in [0.29, 0.717) is 17.2 Å². The molecular weight excluding hydrogens is 334 g/mol. The highest BCUT2D eigenvalue weighted by Gasteiger charge is 2.36. The maximum atomic E-state index is 12.8. The number of rotatable bonds is 5. The zero-order valence-electron chi connectivity index (χ0n) is 13.6. The van der Waals surface area contributed by atoms with Crippen LogP contribution in [0, 0.1) is 0 Å². The number of carbonyl (C=O) groups excluding carboxylic acids is 1. The summed E-state index contributed by atoms with van der Waals surface area (Å²) in [6.07, 6.45) is 1.31. The number of ether oxygens (including phenoxy) is 2. The molecule has 0 aliphatic carbocycles. The minimum absolute atomic E-state index is 0.0413. The minimum Gasteiger partial charge on any atom is -0.463 e. The van der Waals surface area contributed by atoms with Crippen LogP contribution in [0.15, 0.2) is 41.9 Å². The third-order valence-corrected chi connectivity index (χ3v) is 3.72. The predicted octanol–water partition coefficient (Wildman–Crippen LogP) is 2.73. The molecule has 1 N–H and O–H groups in total. The molecular formula is C16H16F2N4O3. The van der Waals surface area contributed by atoms with Gasteiger partial charge in [-0.2, -0.15) is 18.9 Å². The molecule has 2 aromatic rings. The van der Waals surface area contributed by atoms with Gasteiger partial charge in [0.15, 0.2) is 0 Å². The molecule has 0 radical (unpaired) electrons. The lowest BCUT2D eigenvalue weighted by Gasteiger charge is -2.29. The monoisotopic (exact) mass is 350 g/mol. The Bertz CT molecular complexity index is 819. The van der Waals surface area contributed by atoms with Gasteiger partial charge in [0.2, 0.25) is 5.95 Å². The van der Waals surface area contributed by atoms with Gasteiger partial charge in [-0.15, -0.1) is 0 Å². The van der Waals surface area contributed by atoms with Crippen molar-refractivity contribution in [3.05, 3.63) is 47.4 Å². The quantitative estimate of drug-likeness (QED) is 0.836. The summed E-state index contributed by atoms with van der Waals surface area (Å²) in [6, 6.07) is 5.46. The summed E-state index contributed by atoms with van der Waals surface area (Å²) in [7, 11) is 0. The summed E-state index contributed by atoms with van der Waals surface area (Å²) in [5, 5.41) is 7.09. The third kappa shape index (κ3) is 3.17. The van der Waals surface area contributed by atoms with Crippen molar-refractivity contribution < 1.29 is 23.0 Å². The second kappa shape index (κ2) is 6.88. The largest absolute Gasteiger partial charge is 0.463 e. The highest BCUT2D eigenvalue weighted by molar-refractivity contribution is 5.92. The first-order chi connectivity index (χ1) is 12.0. The van der Waals surface area contributed by atoms with Gasteiger partial charge in [0, 0.05) is 11.3 Å². The maximum absolute atomic E-state index is 12.8. The van der Waals surface area contributed by atoms with Crippen LogP contribution in [0.25, 0.3) is 0 Å². The Kier molecular flexibility index (Phi) is 4.64. The maximum Gasteiger partial charge on any atom is 0.387 e. The molecule has 0 saturated heterocycles. The van der Waals surface area contributed by atoms with E-state index in [2.05, 4.69) is 20.1 Å². The number of esters is 1. The lowest BCUT2D eigenvalue weighted by Crippen LogP contribution is -2.30. The van der Waals surface area contributed by atoms with Gasteiger partial charge in [0.25, 0.3) is 0 Å². The molecule has 9 heteroatoms. The zero-order valence-corrected chi connectivity index (χ0v) is 13.6. The number of fused-ring (bicyclic) bond motifs is 1. The van der Waals surface area contributed by atoms with Crippen molar-refractivity contribution in [3.8, 4) is 5.75 Å². The number of nitrogens with zero attached hydrogens (tertiary/aromatic N) is 3. The molecule has 25 heavy (non-hydrogen) atoms. The van der Waals surface area contributed by atoms with Crippen LogP contribution in [0.4, 0.5) is 14.7 Å². The van der Waals surface area contributed by atoms with Gasteiger partial charge in [-0.25, -0.2) is 9.48 Å². The fourth-order valence-electron chi connectivity index (χ4n) is 2.76. The molecule has 2 heterocycles. The number of anilines is 1. The van der Waals surface area contributed by atoms with E-state index in [1.165, 1.54) is 17.1 Å². The molecule has 0 bridgehead atoms. The molecule has 0 fully saturated rings. The van der Waals surface area contributed by atoms with E-state index in [9.17, 15) is 13.6 Å². The van der Waals surface area contributed by atoms with Crippen molar-refractivity contribution in [2.75, 3.05) is 11.9 Å². The lowest BCUT2D eigenvalue weighted by molar-refractivity contribution is -0.139. The Balaban J connectivity index is 2.16. The van der Waals surface area contributed by atoms with Crippen LogP contribution in [0.5, 0.6) is 5.75 Å². The Morgan fingerprint density at radius 1 is 1.40 bits per heavy atom. The van der Waals surface area contributed by atoms with Crippen LogP contribution >= 0.6 is 0 Å². The number of nitrogens with one attached hydrogen (secondary N) is 1. The van der Waals surface area contributed by atoms with Gasteiger partial charge in [-0.3, -0.25) is 0 Å². The molecule has 7 nitrogen and oxygen atoms in total. The summed E-state index contributed by atoms with van der Waals surface area (Å²) in [4.78, 5) is 16.6. The number of halogens is 2. The number of benzene rings is 1. The van der Waals surface area contributed by atoms with E-state index in [-0.39, 0.29) is 17.9 Å².